The summed E-state index contributed by atoms with van der Waals surface area (Å²) >= 11 is 1.84. The van der Waals surface area contributed by atoms with Crippen LogP contribution in [0.25, 0.3) is 75.1 Å². The van der Waals surface area contributed by atoms with Gasteiger partial charge in [-0.2, -0.15) is 0 Å². The summed E-state index contributed by atoms with van der Waals surface area (Å²) in [7, 11) is 0. The third-order valence-electron chi connectivity index (χ3n) is 9.65. The van der Waals surface area contributed by atoms with Gasteiger partial charge in [-0.1, -0.05) is 121 Å². The highest BCUT2D eigenvalue weighted by Gasteiger charge is 2.20. The molecule has 0 fully saturated rings. The molecule has 0 atom stereocenters. The maximum absolute atomic E-state index is 6.56. The van der Waals surface area contributed by atoms with E-state index in [9.17, 15) is 0 Å². The first kappa shape index (κ1) is 27.9. The van der Waals surface area contributed by atoms with Crippen molar-refractivity contribution in [1.29, 1.82) is 0 Å². The monoisotopic (exact) mass is 643 g/mol. The lowest BCUT2D eigenvalue weighted by Gasteiger charge is -2.26. The van der Waals surface area contributed by atoms with E-state index in [1.165, 1.54) is 53.2 Å². The van der Waals surface area contributed by atoms with E-state index >= 15 is 0 Å². The molecular weight excluding hydrogens is 615 g/mol. The summed E-state index contributed by atoms with van der Waals surface area (Å²) in [5.41, 5.74) is 10.0. The van der Waals surface area contributed by atoms with Crippen molar-refractivity contribution in [1.82, 2.24) is 0 Å². The molecule has 230 valence electrons. The molecule has 2 nitrogen and oxygen atoms in total. The van der Waals surface area contributed by atoms with E-state index in [0.717, 1.165) is 39.0 Å². The number of thiophene rings is 1. The maximum atomic E-state index is 6.56. The van der Waals surface area contributed by atoms with Crippen LogP contribution in [0.1, 0.15) is 0 Å². The second-order valence-electron chi connectivity index (χ2n) is 12.5. The number of para-hydroxylation sites is 2. The summed E-state index contributed by atoms with van der Waals surface area (Å²) in [6.07, 6.45) is 0. The predicted octanol–water partition coefficient (Wildman–Crippen LogP) is 13.9. The van der Waals surface area contributed by atoms with Crippen LogP contribution in [0.2, 0.25) is 0 Å². The van der Waals surface area contributed by atoms with Crippen LogP contribution in [0.5, 0.6) is 0 Å². The Morgan fingerprint density at radius 1 is 0.429 bits per heavy atom. The molecule has 0 bridgehead atoms. The molecule has 0 amide bonds. The third-order valence-corrected chi connectivity index (χ3v) is 10.8. The van der Waals surface area contributed by atoms with Gasteiger partial charge in [0.25, 0.3) is 0 Å². The molecule has 0 spiro atoms. The molecule has 8 aromatic carbocycles. The SMILES string of the molecule is c1ccc(N(c2ccc(-c3cccc4ccccc34)cc2)c2cccc(-c3cc4c5ccccc5oc4c4c3sc3ccccc34)c2)cc1. The average molecular weight is 644 g/mol. The fourth-order valence-corrected chi connectivity index (χ4v) is 8.62. The Labute approximate surface area is 287 Å². The van der Waals surface area contributed by atoms with Gasteiger partial charge in [-0.05, 0) is 82.1 Å². The lowest BCUT2D eigenvalue weighted by molar-refractivity contribution is 0.673. The summed E-state index contributed by atoms with van der Waals surface area (Å²) in [5.74, 6) is 0. The number of rotatable bonds is 5. The standard InChI is InChI=1S/C46H29NOS/c1-2-15-33(16-3-1)47(34-26-24-31(25-27-34)37-21-11-13-30-12-4-5-18-36(30)37)35-17-10-14-32(28-35)40-29-41-38-19-6-8-22-42(38)48-45(41)44-39-20-7-9-23-43(39)49-46(40)44/h1-29H. The summed E-state index contributed by atoms with van der Waals surface area (Å²) in [5, 5.41) is 7.24. The minimum Gasteiger partial charge on any atom is -0.455 e. The summed E-state index contributed by atoms with van der Waals surface area (Å²) in [4.78, 5) is 2.35. The Morgan fingerprint density at radius 3 is 1.98 bits per heavy atom. The van der Waals surface area contributed by atoms with E-state index in [-0.39, 0.29) is 0 Å². The number of hydrogen-bond acceptors (Lipinski definition) is 3. The van der Waals surface area contributed by atoms with Crippen molar-refractivity contribution < 1.29 is 4.42 Å². The van der Waals surface area contributed by atoms with Crippen LogP contribution < -0.4 is 4.90 Å². The highest BCUT2D eigenvalue weighted by Crippen LogP contribution is 2.47. The van der Waals surface area contributed by atoms with E-state index in [0.29, 0.717) is 0 Å². The minimum absolute atomic E-state index is 0.919. The lowest BCUT2D eigenvalue weighted by Crippen LogP contribution is -2.09. The van der Waals surface area contributed by atoms with Crippen molar-refractivity contribution in [3.8, 4) is 22.3 Å². The zero-order valence-electron chi connectivity index (χ0n) is 26.5. The Hall–Kier alpha value is -6.16. The predicted molar refractivity (Wildman–Crippen MR) is 210 cm³/mol. The number of benzene rings is 8. The van der Waals surface area contributed by atoms with Gasteiger partial charge in [0, 0.05) is 53.6 Å². The molecule has 10 aromatic rings. The number of nitrogens with zero attached hydrogens (tertiary/aromatic N) is 1. The van der Waals surface area contributed by atoms with Gasteiger partial charge in [-0.3, -0.25) is 0 Å². The molecule has 0 aliphatic rings. The van der Waals surface area contributed by atoms with Gasteiger partial charge in [-0.15, -0.1) is 11.3 Å². The van der Waals surface area contributed by atoms with Gasteiger partial charge in [0.05, 0.1) is 0 Å². The number of hydrogen-bond donors (Lipinski definition) is 0. The van der Waals surface area contributed by atoms with Gasteiger partial charge in [0.1, 0.15) is 11.2 Å². The molecule has 3 heteroatoms. The first-order valence-electron chi connectivity index (χ1n) is 16.6. The second-order valence-corrected chi connectivity index (χ2v) is 13.5. The first-order valence-corrected chi connectivity index (χ1v) is 17.4. The largest absolute Gasteiger partial charge is 0.455 e. The van der Waals surface area contributed by atoms with E-state index in [1.54, 1.807) is 0 Å². The Kier molecular flexibility index (Phi) is 6.39. The van der Waals surface area contributed by atoms with Gasteiger partial charge in [-0.25, -0.2) is 0 Å². The van der Waals surface area contributed by atoms with Crippen LogP contribution in [0.15, 0.2) is 180 Å². The molecule has 0 unspecified atom stereocenters. The maximum Gasteiger partial charge on any atom is 0.144 e. The molecular formula is C46H29NOS. The summed E-state index contributed by atoms with van der Waals surface area (Å²) in [6.45, 7) is 0. The molecule has 0 radical (unpaired) electrons. The van der Waals surface area contributed by atoms with Crippen LogP contribution in [0.4, 0.5) is 17.1 Å². The molecule has 0 aliphatic heterocycles. The number of furan rings is 1. The van der Waals surface area contributed by atoms with Gasteiger partial charge in [0.2, 0.25) is 0 Å². The van der Waals surface area contributed by atoms with E-state index in [2.05, 4.69) is 175 Å². The topological polar surface area (TPSA) is 16.4 Å². The van der Waals surface area contributed by atoms with E-state index < -0.39 is 0 Å². The Balaban J connectivity index is 1.15. The third kappa shape index (κ3) is 4.55. The van der Waals surface area contributed by atoms with Crippen LogP contribution >= 0.6 is 11.3 Å². The summed E-state index contributed by atoms with van der Waals surface area (Å²) < 4.78 is 9.07. The highest BCUT2D eigenvalue weighted by atomic mass is 32.1. The van der Waals surface area contributed by atoms with E-state index in [4.69, 9.17) is 4.42 Å². The quantitative estimate of drug-likeness (QED) is 0.186. The van der Waals surface area contributed by atoms with Gasteiger partial charge in [0.15, 0.2) is 0 Å². The first-order chi connectivity index (χ1) is 24.3. The van der Waals surface area contributed by atoms with Crippen molar-refractivity contribution >= 4 is 81.3 Å². The van der Waals surface area contributed by atoms with Crippen LogP contribution in [-0.2, 0) is 0 Å². The smallest absolute Gasteiger partial charge is 0.144 e. The summed E-state index contributed by atoms with van der Waals surface area (Å²) in [6, 6.07) is 63.1. The molecule has 0 saturated heterocycles. The van der Waals surface area contributed by atoms with Crippen molar-refractivity contribution in [2.75, 3.05) is 4.90 Å². The fourth-order valence-electron chi connectivity index (χ4n) is 7.38. The highest BCUT2D eigenvalue weighted by molar-refractivity contribution is 7.26. The second kappa shape index (κ2) is 11.2. The zero-order valence-corrected chi connectivity index (χ0v) is 27.3. The van der Waals surface area contributed by atoms with Crippen molar-refractivity contribution in [3.05, 3.63) is 176 Å². The van der Waals surface area contributed by atoms with E-state index in [1.807, 2.05) is 17.4 Å². The molecule has 49 heavy (non-hydrogen) atoms. The number of fused-ring (bicyclic) bond motifs is 8. The average Bonchev–Trinajstić information content (AvgIpc) is 3.74. The Morgan fingerprint density at radius 2 is 1.10 bits per heavy atom. The van der Waals surface area contributed by atoms with Gasteiger partial charge < -0.3 is 9.32 Å². The van der Waals surface area contributed by atoms with Crippen LogP contribution in [0, 0.1) is 0 Å². The molecule has 0 saturated carbocycles. The van der Waals surface area contributed by atoms with Crippen LogP contribution in [-0.4, -0.2) is 0 Å². The fraction of sp³-hybridized carbons (Fsp3) is 0. The lowest BCUT2D eigenvalue weighted by atomic mass is 9.97. The van der Waals surface area contributed by atoms with Crippen molar-refractivity contribution in [3.63, 3.8) is 0 Å². The minimum atomic E-state index is 0.919. The van der Waals surface area contributed by atoms with Crippen LogP contribution in [0.3, 0.4) is 0 Å². The molecule has 2 heterocycles. The normalized spacial score (nSPS) is 11.7. The molecule has 0 aliphatic carbocycles. The van der Waals surface area contributed by atoms with Crippen molar-refractivity contribution in [2.24, 2.45) is 0 Å². The number of anilines is 3. The molecule has 10 rings (SSSR count). The molecule has 2 aromatic heterocycles. The van der Waals surface area contributed by atoms with Gasteiger partial charge >= 0.3 is 0 Å². The Bertz CT molecular complexity index is 2820. The zero-order chi connectivity index (χ0) is 32.3. The van der Waals surface area contributed by atoms with Crippen molar-refractivity contribution in [2.45, 2.75) is 0 Å². The molecule has 0 N–H and O–H groups in total.